The number of thiophene rings is 1. The summed E-state index contributed by atoms with van der Waals surface area (Å²) in [4.78, 5) is 0. The molecule has 0 N–H and O–H groups in total. The lowest BCUT2D eigenvalue weighted by Crippen LogP contribution is -1.93. The summed E-state index contributed by atoms with van der Waals surface area (Å²) < 4.78 is 0. The molecule has 0 aliphatic rings. The minimum atomic E-state index is -0.126. The van der Waals surface area contributed by atoms with Crippen molar-refractivity contribution < 1.29 is 0 Å². The molecule has 0 bridgehead atoms. The van der Waals surface area contributed by atoms with Gasteiger partial charge in [0, 0.05) is 10.4 Å². The van der Waals surface area contributed by atoms with E-state index in [-0.39, 0.29) is 5.38 Å². The van der Waals surface area contributed by atoms with Gasteiger partial charge in [0.2, 0.25) is 0 Å². The Bertz CT molecular complexity index is 674. The van der Waals surface area contributed by atoms with Gasteiger partial charge in [-0.2, -0.15) is 11.3 Å². The Morgan fingerprint density at radius 1 is 0.944 bits per heavy atom. The van der Waals surface area contributed by atoms with Gasteiger partial charge < -0.3 is 0 Å². The van der Waals surface area contributed by atoms with Crippen molar-refractivity contribution in [3.63, 3.8) is 0 Å². The molecule has 90 valence electrons. The molecule has 0 nitrogen and oxygen atoms in total. The van der Waals surface area contributed by atoms with Gasteiger partial charge in [0.05, 0.1) is 5.38 Å². The first kappa shape index (κ1) is 12.0. The van der Waals surface area contributed by atoms with Crippen molar-refractivity contribution in [1.29, 1.82) is 0 Å². The molecule has 0 spiro atoms. The Morgan fingerprint density at radius 2 is 1.72 bits per heavy atom. The van der Waals surface area contributed by atoms with Gasteiger partial charge in [-0.3, -0.25) is 0 Å². The molecule has 0 radical (unpaired) electrons. The zero-order valence-corrected chi connectivity index (χ0v) is 11.8. The average molecular weight is 293 g/mol. The van der Waals surface area contributed by atoms with Gasteiger partial charge in [-0.05, 0) is 39.4 Å². The van der Waals surface area contributed by atoms with Crippen LogP contribution in [0.3, 0.4) is 0 Å². The van der Waals surface area contributed by atoms with Crippen molar-refractivity contribution in [2.24, 2.45) is 0 Å². The highest BCUT2D eigenvalue weighted by atomic mass is 35.5. The van der Waals surface area contributed by atoms with Crippen LogP contribution in [0.4, 0.5) is 0 Å². The molecule has 0 saturated carbocycles. The van der Waals surface area contributed by atoms with Crippen molar-refractivity contribution in [3.05, 3.63) is 69.4 Å². The van der Waals surface area contributed by atoms with Crippen LogP contribution >= 0.6 is 34.5 Å². The molecule has 0 aliphatic heterocycles. The molecule has 18 heavy (non-hydrogen) atoms. The standard InChI is InChI=1S/C15H10Cl2S/c16-14-6-5-13(11-3-1-2-4-12(11)14)15(17)10-7-8-18-9-10/h1-9,15H. The van der Waals surface area contributed by atoms with Crippen molar-refractivity contribution in [1.82, 2.24) is 0 Å². The van der Waals surface area contributed by atoms with Crippen molar-refractivity contribution >= 4 is 45.3 Å². The summed E-state index contributed by atoms with van der Waals surface area (Å²) in [5.74, 6) is 0. The smallest absolute Gasteiger partial charge is 0.0849 e. The van der Waals surface area contributed by atoms with Crippen molar-refractivity contribution in [3.8, 4) is 0 Å². The lowest BCUT2D eigenvalue weighted by Gasteiger charge is -2.12. The van der Waals surface area contributed by atoms with Crippen LogP contribution in [-0.4, -0.2) is 0 Å². The Balaban J connectivity index is 2.21. The van der Waals surface area contributed by atoms with Crippen molar-refractivity contribution in [2.75, 3.05) is 0 Å². The Kier molecular flexibility index (Phi) is 3.29. The summed E-state index contributed by atoms with van der Waals surface area (Å²) in [5.41, 5.74) is 2.24. The summed E-state index contributed by atoms with van der Waals surface area (Å²) in [7, 11) is 0. The van der Waals surface area contributed by atoms with Crippen LogP contribution in [-0.2, 0) is 0 Å². The fourth-order valence-corrected chi connectivity index (χ4v) is 3.42. The highest BCUT2D eigenvalue weighted by Gasteiger charge is 2.15. The predicted octanol–water partition coefficient (Wildman–Crippen LogP) is 5.88. The lowest BCUT2D eigenvalue weighted by molar-refractivity contribution is 1.18. The van der Waals surface area contributed by atoms with Gasteiger partial charge in [0.25, 0.3) is 0 Å². The fourth-order valence-electron chi connectivity index (χ4n) is 2.11. The minimum absolute atomic E-state index is 0.126. The Morgan fingerprint density at radius 3 is 2.44 bits per heavy atom. The number of rotatable bonds is 2. The zero-order chi connectivity index (χ0) is 12.5. The summed E-state index contributed by atoms with van der Waals surface area (Å²) in [6.07, 6.45) is 0. The summed E-state index contributed by atoms with van der Waals surface area (Å²) in [6, 6.07) is 14.1. The molecule has 1 heterocycles. The van der Waals surface area contributed by atoms with Crippen LogP contribution in [0.25, 0.3) is 10.8 Å². The van der Waals surface area contributed by atoms with Gasteiger partial charge in [0.1, 0.15) is 0 Å². The SMILES string of the molecule is Clc1ccc(C(Cl)c2ccsc2)c2ccccc12. The molecule has 3 heteroatoms. The number of alkyl halides is 1. The van der Waals surface area contributed by atoms with Crippen LogP contribution < -0.4 is 0 Å². The maximum Gasteiger partial charge on any atom is 0.0849 e. The van der Waals surface area contributed by atoms with Crippen molar-refractivity contribution in [2.45, 2.75) is 5.38 Å². The van der Waals surface area contributed by atoms with Gasteiger partial charge in [0.15, 0.2) is 0 Å². The summed E-state index contributed by atoms with van der Waals surface area (Å²) >= 11 is 14.4. The van der Waals surface area contributed by atoms with E-state index < -0.39 is 0 Å². The molecule has 2 aromatic carbocycles. The van der Waals surface area contributed by atoms with E-state index in [4.69, 9.17) is 23.2 Å². The Hall–Kier alpha value is -1.02. The monoisotopic (exact) mass is 292 g/mol. The van der Waals surface area contributed by atoms with Crippen LogP contribution in [0.15, 0.2) is 53.2 Å². The number of halogens is 2. The second-order valence-electron chi connectivity index (χ2n) is 4.10. The van der Waals surface area contributed by atoms with E-state index in [1.807, 2.05) is 35.7 Å². The van der Waals surface area contributed by atoms with Crippen LogP contribution in [0, 0.1) is 0 Å². The first-order valence-corrected chi connectivity index (χ1v) is 7.36. The lowest BCUT2D eigenvalue weighted by atomic mass is 9.99. The molecule has 1 aromatic heterocycles. The van der Waals surface area contributed by atoms with Gasteiger partial charge in [-0.1, -0.05) is 41.9 Å². The third-order valence-electron chi connectivity index (χ3n) is 3.01. The van der Waals surface area contributed by atoms with Crippen LogP contribution in [0.5, 0.6) is 0 Å². The molecule has 0 amide bonds. The number of hydrogen-bond acceptors (Lipinski definition) is 1. The maximum atomic E-state index is 6.57. The number of hydrogen-bond donors (Lipinski definition) is 0. The van der Waals surface area contributed by atoms with Gasteiger partial charge >= 0.3 is 0 Å². The molecule has 0 fully saturated rings. The van der Waals surface area contributed by atoms with Gasteiger partial charge in [-0.15, -0.1) is 11.6 Å². The zero-order valence-electron chi connectivity index (χ0n) is 9.44. The fraction of sp³-hybridized carbons (Fsp3) is 0.0667. The van der Waals surface area contributed by atoms with E-state index in [1.54, 1.807) is 11.3 Å². The molecule has 1 atom stereocenters. The molecule has 1 unspecified atom stereocenters. The van der Waals surface area contributed by atoms with E-state index in [2.05, 4.69) is 17.5 Å². The quantitative estimate of drug-likeness (QED) is 0.517. The van der Waals surface area contributed by atoms with E-state index in [1.165, 1.54) is 0 Å². The molecule has 0 saturated heterocycles. The molecule has 3 rings (SSSR count). The molecular formula is C15H10Cl2S. The first-order valence-electron chi connectivity index (χ1n) is 5.60. The topological polar surface area (TPSA) is 0 Å². The predicted molar refractivity (Wildman–Crippen MR) is 81.0 cm³/mol. The third-order valence-corrected chi connectivity index (χ3v) is 4.53. The number of benzene rings is 2. The summed E-state index contributed by atoms with van der Waals surface area (Å²) in [6.45, 7) is 0. The van der Waals surface area contributed by atoms with E-state index in [9.17, 15) is 0 Å². The normalized spacial score (nSPS) is 12.8. The number of fused-ring (bicyclic) bond motifs is 1. The summed E-state index contributed by atoms with van der Waals surface area (Å²) in [5, 5.41) is 6.94. The molecule has 0 aliphatic carbocycles. The van der Waals surface area contributed by atoms with E-state index in [0.29, 0.717) is 0 Å². The largest absolute Gasteiger partial charge is 0.152 e. The van der Waals surface area contributed by atoms with Gasteiger partial charge in [-0.25, -0.2) is 0 Å². The molecular weight excluding hydrogens is 283 g/mol. The van der Waals surface area contributed by atoms with E-state index >= 15 is 0 Å². The minimum Gasteiger partial charge on any atom is -0.152 e. The third kappa shape index (κ3) is 2.03. The highest BCUT2D eigenvalue weighted by Crippen LogP contribution is 2.36. The maximum absolute atomic E-state index is 6.57. The second-order valence-corrected chi connectivity index (χ2v) is 5.73. The van der Waals surface area contributed by atoms with Crippen LogP contribution in [0.2, 0.25) is 5.02 Å². The second kappa shape index (κ2) is 4.93. The van der Waals surface area contributed by atoms with Crippen LogP contribution in [0.1, 0.15) is 16.5 Å². The highest BCUT2D eigenvalue weighted by molar-refractivity contribution is 7.08. The molecule has 3 aromatic rings. The average Bonchev–Trinajstić information content (AvgIpc) is 2.93. The van der Waals surface area contributed by atoms with E-state index in [0.717, 1.165) is 26.9 Å². The Labute approximate surface area is 120 Å². The first-order chi connectivity index (χ1) is 8.77.